The van der Waals surface area contributed by atoms with E-state index in [0.29, 0.717) is 0 Å². The largest absolute Gasteiger partial charge is 0.355 e. The van der Waals surface area contributed by atoms with E-state index >= 15 is 0 Å². The lowest BCUT2D eigenvalue weighted by molar-refractivity contribution is 0.0962. The number of rotatable bonds is 6. The third kappa shape index (κ3) is 4.60. The van der Waals surface area contributed by atoms with Gasteiger partial charge in [0.15, 0.2) is 0 Å². The Labute approximate surface area is 178 Å². The van der Waals surface area contributed by atoms with Crippen molar-refractivity contribution in [2.45, 2.75) is 33.2 Å². The molecule has 3 rings (SSSR count). The number of hydrogen-bond donors (Lipinski definition) is 1. The molecule has 1 amide bonds. The van der Waals surface area contributed by atoms with Crippen molar-refractivity contribution in [1.82, 2.24) is 10.2 Å². The van der Waals surface area contributed by atoms with Crippen molar-refractivity contribution in [3.05, 3.63) is 81.2 Å². The standard InChI is InChI=1S/C25H30N2OS/c1-16-13-21(22(14-17(16)2)25(28)26-4)18(3)23-11-12-24(29-23)20-10-8-7-9-19(20)15-27(5)6/h7-14,18H,15H2,1-6H3,(H,26,28). The Morgan fingerprint density at radius 2 is 1.76 bits per heavy atom. The zero-order valence-electron chi connectivity index (χ0n) is 18.2. The van der Waals surface area contributed by atoms with Crippen LogP contribution in [-0.4, -0.2) is 32.0 Å². The maximum Gasteiger partial charge on any atom is 0.251 e. The lowest BCUT2D eigenvalue weighted by Crippen LogP contribution is -2.20. The van der Waals surface area contributed by atoms with Crippen molar-refractivity contribution in [2.75, 3.05) is 21.1 Å². The summed E-state index contributed by atoms with van der Waals surface area (Å²) in [5, 5.41) is 2.79. The number of nitrogens with zero attached hydrogens (tertiary/aromatic N) is 1. The number of carbonyl (C=O) groups is 1. The first kappa shape index (κ1) is 21.3. The third-order valence-electron chi connectivity index (χ3n) is 5.43. The highest BCUT2D eigenvalue weighted by Crippen LogP contribution is 2.38. The van der Waals surface area contributed by atoms with E-state index in [1.807, 2.05) is 17.4 Å². The normalized spacial score (nSPS) is 12.2. The Morgan fingerprint density at radius 1 is 1.07 bits per heavy atom. The number of hydrogen-bond acceptors (Lipinski definition) is 3. The zero-order chi connectivity index (χ0) is 21.1. The number of nitrogens with one attached hydrogen (secondary N) is 1. The molecule has 0 radical (unpaired) electrons. The maximum atomic E-state index is 12.5. The highest BCUT2D eigenvalue weighted by Gasteiger charge is 2.20. The average Bonchev–Trinajstić information content (AvgIpc) is 3.18. The lowest BCUT2D eigenvalue weighted by Gasteiger charge is -2.17. The number of benzene rings is 2. The Hall–Kier alpha value is -2.43. The highest BCUT2D eigenvalue weighted by atomic mass is 32.1. The van der Waals surface area contributed by atoms with Gasteiger partial charge in [0.05, 0.1) is 0 Å². The molecule has 0 fully saturated rings. The predicted molar refractivity (Wildman–Crippen MR) is 124 cm³/mol. The summed E-state index contributed by atoms with van der Waals surface area (Å²) in [6, 6.07) is 17.2. The van der Waals surface area contributed by atoms with Crippen LogP contribution < -0.4 is 5.32 Å². The molecule has 152 valence electrons. The fraction of sp³-hybridized carbons (Fsp3) is 0.320. The second-order valence-corrected chi connectivity index (χ2v) is 9.04. The molecule has 0 bridgehead atoms. The first-order valence-electron chi connectivity index (χ1n) is 9.97. The molecular weight excluding hydrogens is 376 g/mol. The van der Waals surface area contributed by atoms with Crippen LogP contribution in [0.4, 0.5) is 0 Å². The second kappa shape index (κ2) is 8.93. The Kier molecular flexibility index (Phi) is 6.56. The molecule has 1 aromatic heterocycles. The van der Waals surface area contributed by atoms with Crippen LogP contribution in [0.3, 0.4) is 0 Å². The molecule has 0 aliphatic carbocycles. The Morgan fingerprint density at radius 3 is 2.45 bits per heavy atom. The van der Waals surface area contributed by atoms with Crippen LogP contribution in [0.5, 0.6) is 0 Å². The molecular formula is C25H30N2OS. The van der Waals surface area contributed by atoms with Gasteiger partial charge in [0, 0.05) is 34.8 Å². The molecule has 0 aliphatic heterocycles. The van der Waals surface area contributed by atoms with Crippen molar-refractivity contribution >= 4 is 17.2 Å². The van der Waals surface area contributed by atoms with E-state index in [1.54, 1.807) is 7.05 Å². The van der Waals surface area contributed by atoms with Crippen LogP contribution in [0.1, 0.15) is 50.3 Å². The van der Waals surface area contributed by atoms with Crippen molar-refractivity contribution in [1.29, 1.82) is 0 Å². The van der Waals surface area contributed by atoms with Gasteiger partial charge >= 0.3 is 0 Å². The molecule has 29 heavy (non-hydrogen) atoms. The molecule has 1 N–H and O–H groups in total. The van der Waals surface area contributed by atoms with Gasteiger partial charge in [-0.1, -0.05) is 37.3 Å². The number of aryl methyl sites for hydroxylation is 2. The van der Waals surface area contributed by atoms with Crippen LogP contribution in [0.25, 0.3) is 10.4 Å². The molecule has 1 atom stereocenters. The van der Waals surface area contributed by atoms with Gasteiger partial charge in [-0.15, -0.1) is 11.3 Å². The van der Waals surface area contributed by atoms with Crippen LogP contribution in [0, 0.1) is 13.8 Å². The van der Waals surface area contributed by atoms with Gasteiger partial charge in [0.1, 0.15) is 0 Å². The summed E-state index contributed by atoms with van der Waals surface area (Å²) < 4.78 is 0. The molecule has 1 unspecified atom stereocenters. The number of amides is 1. The van der Waals surface area contributed by atoms with Crippen LogP contribution in [-0.2, 0) is 6.54 Å². The summed E-state index contributed by atoms with van der Waals surface area (Å²) in [6.07, 6.45) is 0. The van der Waals surface area contributed by atoms with Gasteiger partial charge in [0.25, 0.3) is 5.91 Å². The molecule has 3 nitrogen and oxygen atoms in total. The molecule has 3 aromatic rings. The molecule has 0 saturated heterocycles. The van der Waals surface area contributed by atoms with E-state index in [1.165, 1.54) is 26.4 Å². The van der Waals surface area contributed by atoms with Crippen LogP contribution >= 0.6 is 11.3 Å². The quantitative estimate of drug-likeness (QED) is 0.577. The minimum absolute atomic E-state index is 0.0249. The summed E-state index contributed by atoms with van der Waals surface area (Å²) in [5.41, 5.74) is 6.83. The van der Waals surface area contributed by atoms with Crippen molar-refractivity contribution in [2.24, 2.45) is 0 Å². The van der Waals surface area contributed by atoms with Gasteiger partial charge in [-0.25, -0.2) is 0 Å². The van der Waals surface area contributed by atoms with Gasteiger partial charge < -0.3 is 10.2 Å². The highest BCUT2D eigenvalue weighted by molar-refractivity contribution is 7.15. The van der Waals surface area contributed by atoms with E-state index in [4.69, 9.17) is 0 Å². The topological polar surface area (TPSA) is 32.3 Å². The maximum absolute atomic E-state index is 12.5. The van der Waals surface area contributed by atoms with Crippen molar-refractivity contribution in [3.63, 3.8) is 0 Å². The van der Waals surface area contributed by atoms with Crippen molar-refractivity contribution in [3.8, 4) is 10.4 Å². The number of carbonyl (C=O) groups excluding carboxylic acids is 1. The third-order valence-corrected chi connectivity index (χ3v) is 6.73. The summed E-state index contributed by atoms with van der Waals surface area (Å²) in [4.78, 5) is 17.2. The Balaban J connectivity index is 2.00. The summed E-state index contributed by atoms with van der Waals surface area (Å²) in [6.45, 7) is 7.27. The molecule has 1 heterocycles. The second-order valence-electron chi connectivity index (χ2n) is 7.92. The monoisotopic (exact) mass is 406 g/mol. The van der Waals surface area contributed by atoms with Gasteiger partial charge in [0.2, 0.25) is 0 Å². The van der Waals surface area contributed by atoms with E-state index in [0.717, 1.165) is 23.2 Å². The fourth-order valence-corrected chi connectivity index (χ4v) is 4.79. The summed E-state index contributed by atoms with van der Waals surface area (Å²) in [5.74, 6) is 0.129. The predicted octanol–water partition coefficient (Wildman–Crippen LogP) is 5.60. The summed E-state index contributed by atoms with van der Waals surface area (Å²) >= 11 is 1.82. The first-order chi connectivity index (χ1) is 13.8. The first-order valence-corrected chi connectivity index (χ1v) is 10.8. The smallest absolute Gasteiger partial charge is 0.251 e. The molecule has 0 saturated carbocycles. The van der Waals surface area contributed by atoms with E-state index in [2.05, 4.69) is 87.5 Å². The van der Waals surface area contributed by atoms with Gasteiger partial charge in [-0.05, 0) is 74.0 Å². The van der Waals surface area contributed by atoms with E-state index in [-0.39, 0.29) is 11.8 Å². The Bertz CT molecular complexity index is 1020. The zero-order valence-corrected chi connectivity index (χ0v) is 19.0. The SMILES string of the molecule is CNC(=O)c1cc(C)c(C)cc1C(C)c1ccc(-c2ccccc2CN(C)C)s1. The molecule has 4 heteroatoms. The van der Waals surface area contributed by atoms with E-state index < -0.39 is 0 Å². The molecule has 0 aliphatic rings. The van der Waals surface area contributed by atoms with Crippen LogP contribution in [0.2, 0.25) is 0 Å². The molecule has 0 spiro atoms. The van der Waals surface area contributed by atoms with Gasteiger partial charge in [-0.3, -0.25) is 4.79 Å². The van der Waals surface area contributed by atoms with Crippen LogP contribution in [0.15, 0.2) is 48.5 Å². The van der Waals surface area contributed by atoms with Crippen molar-refractivity contribution < 1.29 is 4.79 Å². The average molecular weight is 407 g/mol. The molecule has 2 aromatic carbocycles. The minimum Gasteiger partial charge on any atom is -0.355 e. The van der Waals surface area contributed by atoms with E-state index in [9.17, 15) is 4.79 Å². The van der Waals surface area contributed by atoms with Gasteiger partial charge in [-0.2, -0.15) is 0 Å². The minimum atomic E-state index is -0.0249. The number of thiophene rings is 1. The lowest BCUT2D eigenvalue weighted by atomic mass is 9.90. The summed E-state index contributed by atoms with van der Waals surface area (Å²) in [7, 11) is 5.88. The fourth-order valence-electron chi connectivity index (χ4n) is 3.65.